The minimum absolute atomic E-state index is 0.657. The van der Waals surface area contributed by atoms with E-state index in [1.54, 1.807) is 0 Å². The molecule has 0 radical (unpaired) electrons. The molecular formula is C15H18Br2N2. The van der Waals surface area contributed by atoms with Crippen molar-refractivity contribution >= 4 is 31.9 Å². The van der Waals surface area contributed by atoms with E-state index in [4.69, 9.17) is 0 Å². The van der Waals surface area contributed by atoms with Gasteiger partial charge in [-0.1, -0.05) is 44.0 Å². The van der Waals surface area contributed by atoms with Crippen LogP contribution in [0, 0.1) is 5.92 Å². The minimum Gasteiger partial charge on any atom is -0.273 e. The van der Waals surface area contributed by atoms with Crippen LogP contribution in [0.5, 0.6) is 0 Å². The van der Waals surface area contributed by atoms with Gasteiger partial charge in [0.2, 0.25) is 0 Å². The van der Waals surface area contributed by atoms with Gasteiger partial charge in [-0.15, -0.1) is 0 Å². The van der Waals surface area contributed by atoms with Gasteiger partial charge in [0.1, 0.15) is 0 Å². The van der Waals surface area contributed by atoms with Gasteiger partial charge in [0.15, 0.2) is 0 Å². The molecule has 1 unspecified atom stereocenters. The molecule has 0 amide bonds. The van der Waals surface area contributed by atoms with E-state index < -0.39 is 0 Å². The molecule has 1 atom stereocenters. The number of hydrogen-bond donors (Lipinski definition) is 0. The standard InChI is InChI=1S/C15H18Br2N2/c1-19-15(7-8-18-19)6-5-13(11-16)9-12-3-2-4-14(17)10-12/h2-4,7-8,10,13H,5-6,9,11H2,1H3. The van der Waals surface area contributed by atoms with Gasteiger partial charge >= 0.3 is 0 Å². The lowest BCUT2D eigenvalue weighted by molar-refractivity contribution is 0.528. The Hall–Kier alpha value is -0.610. The number of halogens is 2. The van der Waals surface area contributed by atoms with Gasteiger partial charge in [0.25, 0.3) is 0 Å². The molecule has 2 aromatic rings. The van der Waals surface area contributed by atoms with Crippen LogP contribution in [0.1, 0.15) is 17.7 Å². The first-order chi connectivity index (χ1) is 9.19. The van der Waals surface area contributed by atoms with Crippen LogP contribution in [-0.4, -0.2) is 15.1 Å². The lowest BCUT2D eigenvalue weighted by Gasteiger charge is -2.14. The molecule has 19 heavy (non-hydrogen) atoms. The molecule has 102 valence electrons. The summed E-state index contributed by atoms with van der Waals surface area (Å²) in [5.74, 6) is 0.657. The van der Waals surface area contributed by atoms with Crippen molar-refractivity contribution in [3.63, 3.8) is 0 Å². The van der Waals surface area contributed by atoms with E-state index in [1.807, 2.05) is 17.9 Å². The first-order valence-electron chi connectivity index (χ1n) is 6.46. The Labute approximate surface area is 131 Å². The molecule has 0 aliphatic carbocycles. The molecule has 0 saturated heterocycles. The van der Waals surface area contributed by atoms with Crippen LogP contribution in [0.3, 0.4) is 0 Å². The summed E-state index contributed by atoms with van der Waals surface area (Å²) in [6.45, 7) is 0. The number of rotatable bonds is 6. The first kappa shape index (κ1) is 14.8. The minimum atomic E-state index is 0.657. The predicted molar refractivity (Wildman–Crippen MR) is 86.7 cm³/mol. The van der Waals surface area contributed by atoms with Crippen molar-refractivity contribution in [2.45, 2.75) is 19.3 Å². The van der Waals surface area contributed by atoms with E-state index in [1.165, 1.54) is 17.7 Å². The van der Waals surface area contributed by atoms with Crippen molar-refractivity contribution < 1.29 is 0 Å². The van der Waals surface area contributed by atoms with E-state index >= 15 is 0 Å². The van der Waals surface area contributed by atoms with E-state index in [0.29, 0.717) is 5.92 Å². The number of aromatic nitrogens is 2. The van der Waals surface area contributed by atoms with Gasteiger partial charge in [-0.2, -0.15) is 5.10 Å². The molecule has 2 nitrogen and oxygen atoms in total. The lowest BCUT2D eigenvalue weighted by atomic mass is 9.96. The molecule has 0 aliphatic rings. The second-order valence-electron chi connectivity index (χ2n) is 4.84. The SMILES string of the molecule is Cn1nccc1CCC(CBr)Cc1cccc(Br)c1. The zero-order valence-corrected chi connectivity index (χ0v) is 14.2. The third-order valence-corrected chi connectivity index (χ3v) is 4.77. The molecule has 1 heterocycles. The molecule has 0 saturated carbocycles. The fourth-order valence-electron chi connectivity index (χ4n) is 2.23. The Morgan fingerprint density at radius 3 is 2.79 bits per heavy atom. The summed E-state index contributed by atoms with van der Waals surface area (Å²) in [7, 11) is 2.01. The van der Waals surface area contributed by atoms with Crippen LogP contribution in [-0.2, 0) is 19.9 Å². The maximum Gasteiger partial charge on any atom is 0.0492 e. The van der Waals surface area contributed by atoms with E-state index in [-0.39, 0.29) is 0 Å². The summed E-state index contributed by atoms with van der Waals surface area (Å²) in [5, 5.41) is 5.25. The van der Waals surface area contributed by atoms with E-state index in [0.717, 1.165) is 22.6 Å². The Morgan fingerprint density at radius 1 is 1.32 bits per heavy atom. The number of hydrogen-bond acceptors (Lipinski definition) is 1. The van der Waals surface area contributed by atoms with Crippen LogP contribution < -0.4 is 0 Å². The van der Waals surface area contributed by atoms with Gasteiger partial charge in [-0.25, -0.2) is 0 Å². The Morgan fingerprint density at radius 2 is 2.16 bits per heavy atom. The summed E-state index contributed by atoms with van der Waals surface area (Å²) in [6, 6.07) is 10.7. The van der Waals surface area contributed by atoms with Crippen LogP contribution in [0.4, 0.5) is 0 Å². The zero-order valence-electron chi connectivity index (χ0n) is 11.0. The lowest BCUT2D eigenvalue weighted by Crippen LogP contribution is -2.09. The molecule has 1 aromatic carbocycles. The van der Waals surface area contributed by atoms with Crippen molar-refractivity contribution in [2.75, 3.05) is 5.33 Å². The number of aryl methyl sites for hydroxylation is 2. The van der Waals surface area contributed by atoms with E-state index in [2.05, 4.69) is 67.3 Å². The second kappa shape index (κ2) is 7.25. The van der Waals surface area contributed by atoms with Crippen molar-refractivity contribution in [3.8, 4) is 0 Å². The maximum atomic E-state index is 4.21. The molecule has 0 spiro atoms. The quantitative estimate of drug-likeness (QED) is 0.675. The molecule has 0 aliphatic heterocycles. The van der Waals surface area contributed by atoms with Crippen molar-refractivity contribution in [3.05, 3.63) is 52.3 Å². The second-order valence-corrected chi connectivity index (χ2v) is 6.40. The topological polar surface area (TPSA) is 17.8 Å². The molecule has 0 N–H and O–H groups in total. The molecule has 2 rings (SSSR count). The highest BCUT2D eigenvalue weighted by Gasteiger charge is 2.10. The third-order valence-electron chi connectivity index (χ3n) is 3.36. The van der Waals surface area contributed by atoms with Gasteiger partial charge in [-0.3, -0.25) is 4.68 Å². The Balaban J connectivity index is 1.92. The maximum absolute atomic E-state index is 4.21. The van der Waals surface area contributed by atoms with Crippen molar-refractivity contribution in [2.24, 2.45) is 13.0 Å². The summed E-state index contributed by atoms with van der Waals surface area (Å²) in [6.07, 6.45) is 5.24. The predicted octanol–water partition coefficient (Wildman–Crippen LogP) is 4.37. The molecular weight excluding hydrogens is 368 g/mol. The largest absolute Gasteiger partial charge is 0.273 e. The monoisotopic (exact) mass is 384 g/mol. The van der Waals surface area contributed by atoms with Crippen LogP contribution in [0.25, 0.3) is 0 Å². The summed E-state index contributed by atoms with van der Waals surface area (Å²) in [5.41, 5.74) is 2.70. The van der Waals surface area contributed by atoms with Gasteiger partial charge in [-0.05, 0) is 48.9 Å². The Kier molecular flexibility index (Phi) is 5.64. The molecule has 0 fully saturated rings. The summed E-state index contributed by atoms with van der Waals surface area (Å²) >= 11 is 7.17. The molecule has 0 bridgehead atoms. The average Bonchev–Trinajstić information content (AvgIpc) is 2.80. The fraction of sp³-hybridized carbons (Fsp3) is 0.400. The summed E-state index contributed by atoms with van der Waals surface area (Å²) < 4.78 is 3.12. The van der Waals surface area contributed by atoms with Crippen LogP contribution in [0.15, 0.2) is 41.0 Å². The third kappa shape index (κ3) is 4.46. The van der Waals surface area contributed by atoms with Crippen molar-refractivity contribution in [1.29, 1.82) is 0 Å². The molecule has 1 aromatic heterocycles. The highest BCUT2D eigenvalue weighted by atomic mass is 79.9. The van der Waals surface area contributed by atoms with Gasteiger partial charge < -0.3 is 0 Å². The first-order valence-corrected chi connectivity index (χ1v) is 8.37. The van der Waals surface area contributed by atoms with Gasteiger partial charge in [0.05, 0.1) is 0 Å². The number of nitrogens with zero attached hydrogens (tertiary/aromatic N) is 2. The molecule has 4 heteroatoms. The number of benzene rings is 1. The summed E-state index contributed by atoms with van der Waals surface area (Å²) in [4.78, 5) is 0. The highest BCUT2D eigenvalue weighted by molar-refractivity contribution is 9.10. The normalized spacial score (nSPS) is 12.6. The van der Waals surface area contributed by atoms with Crippen molar-refractivity contribution in [1.82, 2.24) is 9.78 Å². The van der Waals surface area contributed by atoms with Crippen LogP contribution in [0.2, 0.25) is 0 Å². The smallest absolute Gasteiger partial charge is 0.0492 e. The highest BCUT2D eigenvalue weighted by Crippen LogP contribution is 2.20. The number of alkyl halides is 1. The Bertz CT molecular complexity index is 522. The fourth-order valence-corrected chi connectivity index (χ4v) is 3.23. The van der Waals surface area contributed by atoms with Gasteiger partial charge in [0, 0.05) is 28.7 Å². The average molecular weight is 386 g/mol. The van der Waals surface area contributed by atoms with E-state index in [9.17, 15) is 0 Å². The zero-order chi connectivity index (χ0) is 13.7. The van der Waals surface area contributed by atoms with Crippen LogP contribution >= 0.6 is 31.9 Å².